The van der Waals surface area contributed by atoms with E-state index >= 15 is 0 Å². The van der Waals surface area contributed by atoms with Gasteiger partial charge in [0.25, 0.3) is 0 Å². The van der Waals surface area contributed by atoms with Gasteiger partial charge >= 0.3 is 0 Å². The Hall–Kier alpha value is -6.64. The lowest BCUT2D eigenvalue weighted by molar-refractivity contribution is 0.590. The molecule has 60 heavy (non-hydrogen) atoms. The quantitative estimate of drug-likeness (QED) is 0.174. The first-order valence-corrected chi connectivity index (χ1v) is 21.5. The van der Waals surface area contributed by atoms with Crippen molar-refractivity contribution in [1.82, 2.24) is 4.57 Å². The first-order valence-electron chi connectivity index (χ1n) is 21.5. The van der Waals surface area contributed by atoms with Crippen LogP contribution in [0.25, 0.3) is 67.0 Å². The van der Waals surface area contributed by atoms with Crippen LogP contribution in [0.3, 0.4) is 0 Å². The molecule has 2 heteroatoms. The van der Waals surface area contributed by atoms with Crippen molar-refractivity contribution in [2.45, 2.75) is 57.8 Å². The van der Waals surface area contributed by atoms with Crippen LogP contribution in [-0.2, 0) is 23.3 Å². The van der Waals surface area contributed by atoms with Crippen molar-refractivity contribution in [3.63, 3.8) is 0 Å². The van der Waals surface area contributed by atoms with Crippen LogP contribution in [0.4, 0.5) is 17.1 Å². The van der Waals surface area contributed by atoms with Crippen LogP contribution >= 0.6 is 0 Å². The van der Waals surface area contributed by atoms with E-state index in [1.54, 1.807) is 0 Å². The van der Waals surface area contributed by atoms with E-state index in [1.165, 1.54) is 105 Å². The molecule has 0 saturated heterocycles. The fourth-order valence-corrected chi connectivity index (χ4v) is 11.3. The predicted molar refractivity (Wildman–Crippen MR) is 255 cm³/mol. The molecule has 3 aliphatic rings. The number of aryl methyl sites for hydroxylation is 1. The van der Waals surface area contributed by atoms with E-state index in [1.807, 2.05) is 0 Å². The minimum absolute atomic E-state index is 0.0585. The van der Waals surface area contributed by atoms with Gasteiger partial charge in [0.2, 0.25) is 0 Å². The number of benzene rings is 8. The molecule has 12 rings (SSSR count). The Balaban J connectivity index is 1.19. The summed E-state index contributed by atoms with van der Waals surface area (Å²) in [6.45, 7) is 13.7. The zero-order valence-corrected chi connectivity index (χ0v) is 35.5. The van der Waals surface area contributed by atoms with E-state index in [0.717, 1.165) is 11.4 Å². The average molecular weight is 773 g/mol. The van der Waals surface area contributed by atoms with Crippen LogP contribution in [0, 0.1) is 0 Å². The average Bonchev–Trinajstić information content (AvgIpc) is 3.91. The van der Waals surface area contributed by atoms with E-state index in [9.17, 15) is 0 Å². The van der Waals surface area contributed by atoms with Gasteiger partial charge in [-0.2, -0.15) is 0 Å². The van der Waals surface area contributed by atoms with E-state index in [2.05, 4.69) is 222 Å². The summed E-state index contributed by atoms with van der Waals surface area (Å²) in [5.41, 5.74) is 21.7. The molecule has 0 saturated carbocycles. The van der Waals surface area contributed by atoms with Crippen molar-refractivity contribution in [1.29, 1.82) is 0 Å². The molecular weight excluding hydrogens is 725 g/mol. The topological polar surface area (TPSA) is 8.17 Å². The Morgan fingerprint density at radius 1 is 0.433 bits per heavy atom. The van der Waals surface area contributed by atoms with Crippen LogP contribution in [-0.4, -0.2) is 4.57 Å². The summed E-state index contributed by atoms with van der Waals surface area (Å²) >= 11 is 0. The summed E-state index contributed by atoms with van der Waals surface area (Å²) < 4.78 is 2.52. The van der Waals surface area contributed by atoms with Crippen molar-refractivity contribution >= 4 is 61.8 Å². The first kappa shape index (κ1) is 35.3. The van der Waals surface area contributed by atoms with Gasteiger partial charge in [0.15, 0.2) is 0 Å². The molecule has 0 atom stereocenters. The molecule has 290 valence electrons. The Morgan fingerprint density at radius 3 is 1.55 bits per heavy atom. The second-order valence-corrected chi connectivity index (χ2v) is 19.4. The minimum Gasteiger partial charge on any atom is -0.341 e. The first-order chi connectivity index (χ1) is 29.0. The standard InChI is InChI=1S/C58H48N2/c1-56(2,3)37-23-27-39(28-24-37)60(40-29-25-38(26-30-40)57(4,5)6)50-18-12-15-43-44-32-34-49-53(55(44)59(7)54(43)50)45-31-21-35-19-20-36-22-33-48(52(45)51(35)36)58(49)46-16-10-8-13-41(46)42-14-9-11-17-47(42)58/h8-34H,1-7H3. The summed E-state index contributed by atoms with van der Waals surface area (Å²) in [6.07, 6.45) is 4.61. The van der Waals surface area contributed by atoms with Gasteiger partial charge < -0.3 is 9.47 Å². The second-order valence-electron chi connectivity index (χ2n) is 19.4. The SMILES string of the molecule is Cn1c2c(N(c3ccc(C(C)(C)C)cc3)c3ccc(C(C)(C)C)cc3)cccc2c2ccc3c(c21)-c1ccc2c4c(ccc(c14)C31c3ccccc3-c3ccccc31)C=C2. The maximum absolute atomic E-state index is 2.52. The van der Waals surface area contributed by atoms with Crippen molar-refractivity contribution in [2.75, 3.05) is 4.90 Å². The fraction of sp³-hybridized carbons (Fsp3) is 0.172. The largest absolute Gasteiger partial charge is 0.341 e. The molecule has 8 aromatic carbocycles. The summed E-state index contributed by atoms with van der Waals surface area (Å²) in [7, 11) is 2.30. The summed E-state index contributed by atoms with van der Waals surface area (Å²) in [5, 5.41) is 5.29. The number of hydrogen-bond acceptors (Lipinski definition) is 1. The van der Waals surface area contributed by atoms with E-state index in [4.69, 9.17) is 0 Å². The van der Waals surface area contributed by atoms with Gasteiger partial charge in [-0.1, -0.05) is 175 Å². The Morgan fingerprint density at radius 2 is 0.967 bits per heavy atom. The molecular formula is C58H48N2. The Bertz CT molecular complexity index is 3210. The van der Waals surface area contributed by atoms with Gasteiger partial charge in [0, 0.05) is 34.8 Å². The minimum atomic E-state index is -0.474. The molecule has 0 amide bonds. The van der Waals surface area contributed by atoms with Gasteiger partial charge in [-0.15, -0.1) is 0 Å². The number of aromatic nitrogens is 1. The van der Waals surface area contributed by atoms with Crippen LogP contribution in [0.15, 0.2) is 152 Å². The smallest absolute Gasteiger partial charge is 0.0733 e. The van der Waals surface area contributed by atoms with Crippen molar-refractivity contribution in [2.24, 2.45) is 7.05 Å². The molecule has 0 radical (unpaired) electrons. The highest BCUT2D eigenvalue weighted by molar-refractivity contribution is 6.22. The fourth-order valence-electron chi connectivity index (χ4n) is 11.3. The maximum Gasteiger partial charge on any atom is 0.0733 e. The number of anilines is 3. The third-order valence-electron chi connectivity index (χ3n) is 14.1. The molecule has 1 spiro atoms. The molecule has 0 N–H and O–H groups in total. The van der Waals surface area contributed by atoms with Crippen LogP contribution in [0.1, 0.15) is 86.1 Å². The highest BCUT2D eigenvalue weighted by atomic mass is 15.2. The number of hydrogen-bond donors (Lipinski definition) is 0. The van der Waals surface area contributed by atoms with Crippen molar-refractivity contribution in [3.05, 3.63) is 196 Å². The van der Waals surface area contributed by atoms with Crippen LogP contribution in [0.2, 0.25) is 0 Å². The number of nitrogens with zero attached hydrogens (tertiary/aromatic N) is 2. The Kier molecular flexibility index (Phi) is 7.05. The number of fused-ring (bicyclic) bond motifs is 13. The van der Waals surface area contributed by atoms with Crippen molar-refractivity contribution < 1.29 is 0 Å². The highest BCUT2D eigenvalue weighted by Gasteiger charge is 2.51. The third-order valence-corrected chi connectivity index (χ3v) is 14.1. The van der Waals surface area contributed by atoms with Gasteiger partial charge in [-0.05, 0) is 113 Å². The molecule has 2 nitrogen and oxygen atoms in total. The Labute approximate surface area is 353 Å². The van der Waals surface area contributed by atoms with Gasteiger partial charge in [-0.25, -0.2) is 0 Å². The molecule has 0 unspecified atom stereocenters. The number of rotatable bonds is 3. The zero-order valence-electron chi connectivity index (χ0n) is 35.5. The molecule has 0 fully saturated rings. The molecule has 1 aromatic heterocycles. The van der Waals surface area contributed by atoms with E-state index < -0.39 is 5.41 Å². The molecule has 3 aliphatic carbocycles. The van der Waals surface area contributed by atoms with E-state index in [0.29, 0.717) is 0 Å². The second kappa shape index (κ2) is 12.0. The van der Waals surface area contributed by atoms with Gasteiger partial charge in [-0.3, -0.25) is 0 Å². The lowest BCUT2D eigenvalue weighted by Gasteiger charge is -2.40. The van der Waals surface area contributed by atoms with Gasteiger partial charge in [0.05, 0.1) is 22.1 Å². The zero-order chi connectivity index (χ0) is 40.9. The summed E-state index contributed by atoms with van der Waals surface area (Å²) in [5.74, 6) is 0. The van der Waals surface area contributed by atoms with Crippen molar-refractivity contribution in [3.8, 4) is 22.3 Å². The normalized spacial score (nSPS) is 14.3. The van der Waals surface area contributed by atoms with Crippen LogP contribution in [0.5, 0.6) is 0 Å². The third kappa shape index (κ3) is 4.54. The summed E-state index contributed by atoms with van der Waals surface area (Å²) in [4.78, 5) is 2.47. The molecule has 0 aliphatic heterocycles. The predicted octanol–water partition coefficient (Wildman–Crippen LogP) is 15.4. The lowest BCUT2D eigenvalue weighted by Crippen LogP contribution is -2.32. The maximum atomic E-state index is 2.52. The monoisotopic (exact) mass is 772 g/mol. The highest BCUT2D eigenvalue weighted by Crippen LogP contribution is 2.64. The van der Waals surface area contributed by atoms with Crippen LogP contribution < -0.4 is 4.90 Å². The molecule has 0 bridgehead atoms. The lowest BCUT2D eigenvalue weighted by atomic mass is 9.61. The molecule has 1 heterocycles. The summed E-state index contributed by atoms with van der Waals surface area (Å²) in [6, 6.07) is 58.2. The van der Waals surface area contributed by atoms with E-state index in [-0.39, 0.29) is 10.8 Å². The number of para-hydroxylation sites is 1. The van der Waals surface area contributed by atoms with Gasteiger partial charge in [0.1, 0.15) is 0 Å². The molecule has 9 aromatic rings.